The topological polar surface area (TPSA) is 40.5 Å². The maximum Gasteiger partial charge on any atom is 0.251 e. The molecule has 3 fully saturated rings. The van der Waals surface area contributed by atoms with E-state index in [4.69, 9.17) is 0 Å². The van der Waals surface area contributed by atoms with Gasteiger partial charge in [-0.3, -0.25) is 9.69 Å². The van der Waals surface area contributed by atoms with E-state index in [1.807, 2.05) is 36.4 Å². The highest BCUT2D eigenvalue weighted by Gasteiger charge is 2.29. The minimum Gasteiger partial charge on any atom is -0.350 e. The van der Waals surface area contributed by atoms with Crippen LogP contribution >= 0.6 is 0 Å². The predicted molar refractivity (Wildman–Crippen MR) is 112 cm³/mol. The number of rotatable bonds is 4. The second-order valence-electron chi connectivity index (χ2n) is 7.85. The zero-order valence-corrected chi connectivity index (χ0v) is 16.1. The minimum absolute atomic E-state index is 0.0141. The predicted octanol–water partition coefficient (Wildman–Crippen LogP) is 2.75. The molecule has 2 aromatic carbocycles. The Hall–Kier alpha value is -2.63. The van der Waals surface area contributed by atoms with Gasteiger partial charge in [-0.1, -0.05) is 18.2 Å². The number of piperazine rings is 1. The Morgan fingerprint density at radius 3 is 2.71 bits per heavy atom. The highest BCUT2D eigenvalue weighted by Crippen LogP contribution is 2.20. The van der Waals surface area contributed by atoms with Gasteiger partial charge in [0.05, 0.1) is 5.52 Å². The van der Waals surface area contributed by atoms with Crippen LogP contribution < -0.4 is 5.32 Å². The smallest absolute Gasteiger partial charge is 0.251 e. The van der Waals surface area contributed by atoms with Crippen LogP contribution in [-0.4, -0.2) is 65.6 Å². The molecule has 1 aromatic heterocycles. The minimum atomic E-state index is 0.0141. The number of fused-ring (bicyclic) bond motifs is 5. The molecule has 0 spiro atoms. The van der Waals surface area contributed by atoms with Crippen LogP contribution in [0.5, 0.6) is 0 Å². The van der Waals surface area contributed by atoms with E-state index < -0.39 is 0 Å². The maximum atomic E-state index is 12.6. The molecule has 3 unspecified atom stereocenters. The van der Waals surface area contributed by atoms with Crippen LogP contribution in [0.3, 0.4) is 0 Å². The highest BCUT2D eigenvalue weighted by atomic mass is 16.1. The van der Waals surface area contributed by atoms with Gasteiger partial charge in [-0.05, 0) is 61.3 Å². The Morgan fingerprint density at radius 1 is 0.964 bits per heavy atom. The van der Waals surface area contributed by atoms with Crippen molar-refractivity contribution in [2.45, 2.75) is 12.5 Å². The van der Waals surface area contributed by atoms with Crippen LogP contribution in [0.4, 0.5) is 0 Å². The van der Waals surface area contributed by atoms with Crippen LogP contribution in [0.2, 0.25) is 0 Å². The molecule has 3 aliphatic heterocycles. The average molecular weight is 374 g/mol. The second-order valence-corrected chi connectivity index (χ2v) is 7.85. The zero-order chi connectivity index (χ0) is 18.9. The van der Waals surface area contributed by atoms with E-state index in [0.717, 1.165) is 31.9 Å². The Balaban J connectivity index is 1.26. The summed E-state index contributed by atoms with van der Waals surface area (Å²) in [5.74, 6) is 0.0141. The number of hydrogen-bond acceptors (Lipinski definition) is 3. The molecule has 4 heterocycles. The first kappa shape index (κ1) is 17.5. The van der Waals surface area contributed by atoms with E-state index in [-0.39, 0.29) is 5.91 Å². The molecule has 3 aromatic rings. The van der Waals surface area contributed by atoms with Crippen LogP contribution in [0.15, 0.2) is 60.8 Å². The van der Waals surface area contributed by atoms with Crippen LogP contribution in [-0.2, 0) is 0 Å². The van der Waals surface area contributed by atoms with E-state index in [1.165, 1.54) is 30.4 Å². The van der Waals surface area contributed by atoms with Gasteiger partial charge in [0.25, 0.3) is 5.91 Å². The number of aromatic nitrogens is 1. The summed E-state index contributed by atoms with van der Waals surface area (Å²) in [6, 6.07) is 18.7. The fourth-order valence-corrected chi connectivity index (χ4v) is 4.54. The third-order valence-corrected chi connectivity index (χ3v) is 6.11. The lowest BCUT2D eigenvalue weighted by Gasteiger charge is -2.37. The first-order valence-electron chi connectivity index (χ1n) is 10.2. The SMILES string of the molecule is O=C(NCC1CN2CCCN1CC2)c1ccc(-n2ccc3ccccc32)cc1. The lowest BCUT2D eigenvalue weighted by Crippen LogP contribution is -2.54. The summed E-state index contributed by atoms with van der Waals surface area (Å²) < 4.78 is 2.15. The number of nitrogens with one attached hydrogen (secondary N) is 1. The lowest BCUT2D eigenvalue weighted by atomic mass is 10.1. The molecule has 0 aliphatic carbocycles. The van der Waals surface area contributed by atoms with Gasteiger partial charge >= 0.3 is 0 Å². The summed E-state index contributed by atoms with van der Waals surface area (Å²) in [6.45, 7) is 6.42. The fourth-order valence-electron chi connectivity index (χ4n) is 4.54. The van der Waals surface area contributed by atoms with Crippen molar-refractivity contribution >= 4 is 16.8 Å². The second kappa shape index (κ2) is 7.41. The van der Waals surface area contributed by atoms with Gasteiger partial charge in [0.2, 0.25) is 0 Å². The van der Waals surface area contributed by atoms with E-state index in [0.29, 0.717) is 11.6 Å². The Morgan fingerprint density at radius 2 is 1.82 bits per heavy atom. The molecule has 28 heavy (non-hydrogen) atoms. The van der Waals surface area contributed by atoms with Gasteiger partial charge in [-0.25, -0.2) is 0 Å². The number of carbonyl (C=O) groups is 1. The van der Waals surface area contributed by atoms with Crippen molar-refractivity contribution in [1.82, 2.24) is 19.7 Å². The molecule has 0 saturated carbocycles. The summed E-state index contributed by atoms with van der Waals surface area (Å²) in [5.41, 5.74) is 2.96. The first-order chi connectivity index (χ1) is 13.8. The fraction of sp³-hybridized carbons (Fsp3) is 0.348. The number of nitrogens with zero attached hydrogens (tertiary/aromatic N) is 3. The van der Waals surface area contributed by atoms with Crippen molar-refractivity contribution in [3.8, 4) is 5.69 Å². The molecule has 5 heteroatoms. The number of carbonyl (C=O) groups excluding carboxylic acids is 1. The molecule has 1 N–H and O–H groups in total. The molecule has 6 rings (SSSR count). The average Bonchev–Trinajstić information content (AvgIpc) is 2.90. The molecule has 3 aliphatic rings. The van der Waals surface area contributed by atoms with E-state index in [2.05, 4.69) is 44.1 Å². The number of hydrogen-bond donors (Lipinski definition) is 1. The number of benzene rings is 2. The van der Waals surface area contributed by atoms with Crippen LogP contribution in [0.1, 0.15) is 16.8 Å². The Kier molecular flexibility index (Phi) is 4.63. The van der Waals surface area contributed by atoms with Crippen molar-refractivity contribution in [2.24, 2.45) is 0 Å². The van der Waals surface area contributed by atoms with E-state index >= 15 is 0 Å². The van der Waals surface area contributed by atoms with Gasteiger partial charge in [0.1, 0.15) is 0 Å². The Bertz CT molecular complexity index is 974. The third kappa shape index (κ3) is 3.32. The summed E-state index contributed by atoms with van der Waals surface area (Å²) in [4.78, 5) is 17.7. The highest BCUT2D eigenvalue weighted by molar-refractivity contribution is 5.94. The largest absolute Gasteiger partial charge is 0.350 e. The van der Waals surface area contributed by atoms with Crippen molar-refractivity contribution in [3.63, 3.8) is 0 Å². The van der Waals surface area contributed by atoms with Crippen molar-refractivity contribution in [3.05, 3.63) is 66.4 Å². The van der Waals surface area contributed by atoms with Gasteiger partial charge in [0.15, 0.2) is 0 Å². The summed E-state index contributed by atoms with van der Waals surface area (Å²) in [7, 11) is 0. The monoisotopic (exact) mass is 374 g/mol. The quantitative estimate of drug-likeness (QED) is 0.763. The molecule has 3 atom stereocenters. The number of amides is 1. The molecule has 3 saturated heterocycles. The summed E-state index contributed by atoms with van der Waals surface area (Å²) in [5, 5.41) is 4.37. The maximum absolute atomic E-state index is 12.6. The van der Waals surface area contributed by atoms with E-state index in [9.17, 15) is 4.79 Å². The molecule has 0 radical (unpaired) electrons. The molecule has 2 bridgehead atoms. The molecule has 1 amide bonds. The molecule has 5 nitrogen and oxygen atoms in total. The first-order valence-corrected chi connectivity index (χ1v) is 10.2. The van der Waals surface area contributed by atoms with Gasteiger partial charge in [0, 0.05) is 49.7 Å². The van der Waals surface area contributed by atoms with Gasteiger partial charge < -0.3 is 14.8 Å². The van der Waals surface area contributed by atoms with Crippen molar-refractivity contribution in [1.29, 1.82) is 0 Å². The molecule has 144 valence electrons. The Labute approximate surface area is 165 Å². The number of para-hydroxylation sites is 1. The lowest BCUT2D eigenvalue weighted by molar-refractivity contribution is 0.0879. The summed E-state index contributed by atoms with van der Waals surface area (Å²) in [6.07, 6.45) is 3.31. The van der Waals surface area contributed by atoms with E-state index in [1.54, 1.807) is 0 Å². The van der Waals surface area contributed by atoms with Gasteiger partial charge in [-0.15, -0.1) is 0 Å². The van der Waals surface area contributed by atoms with Crippen molar-refractivity contribution < 1.29 is 4.79 Å². The van der Waals surface area contributed by atoms with Crippen molar-refractivity contribution in [2.75, 3.05) is 39.3 Å². The van der Waals surface area contributed by atoms with Crippen LogP contribution in [0, 0.1) is 0 Å². The zero-order valence-electron chi connectivity index (χ0n) is 16.1. The normalized spacial score (nSPS) is 24.2. The summed E-state index contributed by atoms with van der Waals surface area (Å²) >= 11 is 0. The third-order valence-electron chi connectivity index (χ3n) is 6.11. The molecular weight excluding hydrogens is 348 g/mol. The van der Waals surface area contributed by atoms with Crippen LogP contribution in [0.25, 0.3) is 16.6 Å². The standard InChI is InChI=1S/C23H26N4O/c28-23(24-16-21-17-25-11-3-12-26(21)15-14-25)19-6-8-20(9-7-19)27-13-10-18-4-1-2-5-22(18)27/h1-2,4-10,13,21H,3,11-12,14-17H2,(H,24,28). The van der Waals surface area contributed by atoms with Gasteiger partial charge in [-0.2, -0.15) is 0 Å². The molecular formula is C23H26N4O.